The summed E-state index contributed by atoms with van der Waals surface area (Å²) < 4.78 is 33.1. The molecular weight excluding hydrogens is 535 g/mol. The Bertz CT molecular complexity index is 1410. The van der Waals surface area contributed by atoms with Gasteiger partial charge in [-0.2, -0.15) is 0 Å². The second kappa shape index (κ2) is 10.6. The standard InChI is InChI=1S/C31H25FO5S2/c32-30(28(33)21-10-4-1-5-11-21)27(19-35-29(30)34)31(38-23-12-6-2-7-13-23,39-24-14-8-3-9-15-24)22-16-17-25-26(18-22)37-20-36-25/h1-18,27-28,33H,19-20H2/t27-,28+,30+/m0/s1. The highest BCUT2D eigenvalue weighted by atomic mass is 32.2. The van der Waals surface area contributed by atoms with Crippen molar-refractivity contribution in [3.63, 3.8) is 0 Å². The number of aliphatic hydroxyl groups is 1. The molecule has 0 unspecified atom stereocenters. The third-order valence-corrected chi connectivity index (χ3v) is 10.1. The molecule has 0 aliphatic carbocycles. The molecule has 0 amide bonds. The Hall–Kier alpha value is -3.46. The van der Waals surface area contributed by atoms with Gasteiger partial charge < -0.3 is 19.3 Å². The number of thioether (sulfide) groups is 2. The van der Waals surface area contributed by atoms with Crippen molar-refractivity contribution in [3.8, 4) is 11.5 Å². The highest BCUT2D eigenvalue weighted by Crippen LogP contribution is 2.64. The second-order valence-electron chi connectivity index (χ2n) is 9.30. The lowest BCUT2D eigenvalue weighted by Crippen LogP contribution is -2.49. The van der Waals surface area contributed by atoms with Crippen LogP contribution in [0.25, 0.3) is 0 Å². The number of carbonyl (C=O) groups excluding carboxylic acids is 1. The van der Waals surface area contributed by atoms with Crippen LogP contribution in [0.3, 0.4) is 0 Å². The Morgan fingerprint density at radius 3 is 1.97 bits per heavy atom. The molecule has 0 saturated carbocycles. The van der Waals surface area contributed by atoms with E-state index >= 15 is 4.39 Å². The van der Waals surface area contributed by atoms with Crippen molar-refractivity contribution >= 4 is 29.5 Å². The summed E-state index contributed by atoms with van der Waals surface area (Å²) >= 11 is 2.85. The molecule has 3 atom stereocenters. The number of hydrogen-bond donors (Lipinski definition) is 1. The minimum absolute atomic E-state index is 0.0915. The molecule has 2 aliphatic heterocycles. The van der Waals surface area contributed by atoms with Crippen LogP contribution < -0.4 is 9.47 Å². The summed E-state index contributed by atoms with van der Waals surface area (Å²) in [7, 11) is 0. The summed E-state index contributed by atoms with van der Waals surface area (Å²) in [6.07, 6.45) is -1.74. The van der Waals surface area contributed by atoms with E-state index in [9.17, 15) is 9.90 Å². The van der Waals surface area contributed by atoms with E-state index in [4.69, 9.17) is 14.2 Å². The predicted octanol–water partition coefficient (Wildman–Crippen LogP) is 6.77. The summed E-state index contributed by atoms with van der Waals surface area (Å²) in [5, 5.41) is 11.5. The van der Waals surface area contributed by atoms with Crippen LogP contribution in [0.1, 0.15) is 17.2 Å². The zero-order chi connectivity index (χ0) is 26.9. The Morgan fingerprint density at radius 2 is 1.36 bits per heavy atom. The Labute approximate surface area is 234 Å². The zero-order valence-corrected chi connectivity index (χ0v) is 22.4. The first-order valence-electron chi connectivity index (χ1n) is 12.5. The lowest BCUT2D eigenvalue weighted by atomic mass is 9.79. The number of cyclic esters (lactones) is 1. The maximum absolute atomic E-state index is 17.5. The summed E-state index contributed by atoms with van der Waals surface area (Å²) in [6, 6.07) is 33.2. The van der Waals surface area contributed by atoms with Crippen LogP contribution in [-0.2, 0) is 13.6 Å². The van der Waals surface area contributed by atoms with Gasteiger partial charge in [-0.1, -0.05) is 72.8 Å². The normalized spacial score (nSPS) is 21.0. The van der Waals surface area contributed by atoms with Gasteiger partial charge in [-0.05, 0) is 47.5 Å². The van der Waals surface area contributed by atoms with Gasteiger partial charge in [0.05, 0.1) is 5.92 Å². The number of hydrogen-bond acceptors (Lipinski definition) is 7. The highest BCUT2D eigenvalue weighted by molar-refractivity contribution is 8.17. The maximum atomic E-state index is 17.5. The summed E-state index contributed by atoms with van der Waals surface area (Å²) in [5.41, 5.74) is -1.72. The molecule has 0 spiro atoms. The van der Waals surface area contributed by atoms with E-state index in [2.05, 4.69) is 0 Å². The van der Waals surface area contributed by atoms with Crippen molar-refractivity contribution < 1.29 is 28.5 Å². The van der Waals surface area contributed by atoms with Crippen LogP contribution in [0.5, 0.6) is 11.5 Å². The van der Waals surface area contributed by atoms with Crippen molar-refractivity contribution in [1.29, 1.82) is 0 Å². The third kappa shape index (κ3) is 4.67. The SMILES string of the molecule is O=C1OC[C@H](C(Sc2ccccc2)(Sc2ccccc2)c2ccc3c(c2)OCO3)[C@@]1(F)[C@H](O)c1ccccc1. The Morgan fingerprint density at radius 1 is 0.795 bits per heavy atom. The van der Waals surface area contributed by atoms with Gasteiger partial charge in [0, 0.05) is 9.79 Å². The summed E-state index contributed by atoms with van der Waals surface area (Å²) in [6.45, 7) is -0.123. The number of alkyl halides is 1. The van der Waals surface area contributed by atoms with Crippen LogP contribution in [-0.4, -0.2) is 30.1 Å². The number of esters is 1. The number of fused-ring (bicyclic) bond motifs is 1. The monoisotopic (exact) mass is 560 g/mol. The zero-order valence-electron chi connectivity index (χ0n) is 20.7. The molecule has 0 bridgehead atoms. The molecule has 198 valence electrons. The number of ether oxygens (including phenoxy) is 3. The fourth-order valence-corrected chi connectivity index (χ4v) is 8.31. The van der Waals surface area contributed by atoms with Gasteiger partial charge >= 0.3 is 5.97 Å². The number of halogens is 1. The fourth-order valence-electron chi connectivity index (χ4n) is 5.02. The molecule has 4 aromatic rings. The van der Waals surface area contributed by atoms with Gasteiger partial charge in [0.1, 0.15) is 16.8 Å². The van der Waals surface area contributed by atoms with E-state index in [1.165, 1.54) is 23.5 Å². The predicted molar refractivity (Wildman–Crippen MR) is 149 cm³/mol. The van der Waals surface area contributed by atoms with Crippen LogP contribution in [0.4, 0.5) is 4.39 Å². The minimum atomic E-state index is -2.73. The molecule has 1 fully saturated rings. The highest BCUT2D eigenvalue weighted by Gasteiger charge is 2.66. The van der Waals surface area contributed by atoms with E-state index in [0.717, 1.165) is 9.79 Å². The number of carbonyl (C=O) groups is 1. The summed E-state index contributed by atoms with van der Waals surface area (Å²) in [5.74, 6) is -1.03. The van der Waals surface area contributed by atoms with E-state index in [-0.39, 0.29) is 13.4 Å². The molecular formula is C31H25FO5S2. The Balaban J connectivity index is 1.57. The molecule has 8 heteroatoms. The molecule has 0 radical (unpaired) electrons. The quantitative estimate of drug-likeness (QED) is 0.145. The molecule has 2 aliphatic rings. The van der Waals surface area contributed by atoms with Crippen molar-refractivity contribution in [3.05, 3.63) is 120 Å². The first-order chi connectivity index (χ1) is 19.0. The second-order valence-corrected chi connectivity index (χ2v) is 12.2. The molecule has 6 rings (SSSR count). The van der Waals surface area contributed by atoms with E-state index in [1.807, 2.05) is 72.8 Å². The van der Waals surface area contributed by atoms with Crippen LogP contribution >= 0.6 is 23.5 Å². The summed E-state index contributed by atoms with van der Waals surface area (Å²) in [4.78, 5) is 15.0. The van der Waals surface area contributed by atoms with Gasteiger partial charge in [-0.25, -0.2) is 9.18 Å². The molecule has 5 nitrogen and oxygen atoms in total. The molecule has 4 aromatic carbocycles. The number of benzene rings is 4. The fraction of sp³-hybridized carbons (Fsp3) is 0.194. The molecule has 2 heterocycles. The van der Waals surface area contributed by atoms with Gasteiger partial charge in [0.15, 0.2) is 11.5 Å². The molecule has 1 N–H and O–H groups in total. The van der Waals surface area contributed by atoms with Crippen molar-refractivity contribution in [2.75, 3.05) is 13.4 Å². The lowest BCUT2D eigenvalue weighted by molar-refractivity contribution is -0.156. The molecule has 1 saturated heterocycles. The minimum Gasteiger partial charge on any atom is -0.463 e. The Kier molecular flexibility index (Phi) is 7.01. The van der Waals surface area contributed by atoms with Crippen LogP contribution in [0.2, 0.25) is 0 Å². The van der Waals surface area contributed by atoms with Crippen LogP contribution in [0.15, 0.2) is 119 Å². The van der Waals surface area contributed by atoms with E-state index < -0.39 is 27.7 Å². The molecule has 0 aromatic heterocycles. The van der Waals surface area contributed by atoms with Gasteiger partial charge in [-0.3, -0.25) is 0 Å². The average Bonchev–Trinajstić information content (AvgIpc) is 3.58. The van der Waals surface area contributed by atoms with Gasteiger partial charge in [-0.15, -0.1) is 23.5 Å². The first kappa shape index (κ1) is 25.8. The smallest absolute Gasteiger partial charge is 0.347 e. The van der Waals surface area contributed by atoms with Gasteiger partial charge in [0.2, 0.25) is 12.5 Å². The average molecular weight is 561 g/mol. The lowest BCUT2D eigenvalue weighted by Gasteiger charge is -2.42. The topological polar surface area (TPSA) is 65.0 Å². The first-order valence-corrected chi connectivity index (χ1v) is 14.1. The van der Waals surface area contributed by atoms with Crippen molar-refractivity contribution in [2.24, 2.45) is 5.92 Å². The number of aliphatic hydroxyl groups excluding tert-OH is 1. The number of rotatable bonds is 8. The largest absolute Gasteiger partial charge is 0.463 e. The maximum Gasteiger partial charge on any atom is 0.347 e. The van der Waals surface area contributed by atoms with Crippen molar-refractivity contribution in [1.82, 2.24) is 0 Å². The van der Waals surface area contributed by atoms with Crippen LogP contribution in [0, 0.1) is 5.92 Å². The van der Waals surface area contributed by atoms with E-state index in [0.29, 0.717) is 22.6 Å². The third-order valence-electron chi connectivity index (χ3n) is 6.97. The van der Waals surface area contributed by atoms with E-state index in [1.54, 1.807) is 36.4 Å². The van der Waals surface area contributed by atoms with Gasteiger partial charge in [0.25, 0.3) is 0 Å². The van der Waals surface area contributed by atoms with Crippen molar-refractivity contribution in [2.45, 2.75) is 25.6 Å². The molecule has 39 heavy (non-hydrogen) atoms.